The van der Waals surface area contributed by atoms with E-state index >= 15 is 0 Å². The molecule has 1 amide bonds. The molecule has 1 rings (SSSR count). The summed E-state index contributed by atoms with van der Waals surface area (Å²) in [7, 11) is 9.56. The van der Waals surface area contributed by atoms with Gasteiger partial charge in [-0.3, -0.25) is 9.78 Å². The number of allylic oxidation sites excluding steroid dienone is 1. The molecule has 0 aliphatic heterocycles. The molecule has 0 aliphatic rings. The Hall–Kier alpha value is -1.99. The van der Waals surface area contributed by atoms with Gasteiger partial charge in [0.15, 0.2) is 5.69 Å². The van der Waals surface area contributed by atoms with Crippen LogP contribution in [-0.2, 0) is 0 Å². The molecule has 0 aromatic carbocycles. The molecule has 1 unspecified atom stereocenters. The van der Waals surface area contributed by atoms with Crippen LogP contribution in [0.15, 0.2) is 25.0 Å². The molecule has 0 saturated heterocycles. The minimum atomic E-state index is -0.191. The molecule has 0 spiro atoms. The summed E-state index contributed by atoms with van der Waals surface area (Å²) in [4.78, 5) is 26.3. The second kappa shape index (κ2) is 10.8. The number of amides is 1. The van der Waals surface area contributed by atoms with Gasteiger partial charge < -0.3 is 19.4 Å². The fourth-order valence-electron chi connectivity index (χ4n) is 2.21. The van der Waals surface area contributed by atoms with Crippen LogP contribution in [0.25, 0.3) is 0 Å². The van der Waals surface area contributed by atoms with Crippen molar-refractivity contribution in [2.45, 2.75) is 18.9 Å². The lowest BCUT2D eigenvalue weighted by Gasteiger charge is -2.25. The van der Waals surface area contributed by atoms with E-state index in [4.69, 9.17) is 4.74 Å². The highest BCUT2D eigenvalue weighted by atomic mass is 16.5. The van der Waals surface area contributed by atoms with Gasteiger partial charge in [0.1, 0.15) is 6.10 Å². The van der Waals surface area contributed by atoms with E-state index in [2.05, 4.69) is 47.5 Å². The first kappa shape index (κ1) is 21.1. The zero-order chi connectivity index (χ0) is 18.8. The van der Waals surface area contributed by atoms with Gasteiger partial charge in [-0.15, -0.1) is 6.58 Å². The summed E-state index contributed by atoms with van der Waals surface area (Å²) >= 11 is 0. The van der Waals surface area contributed by atoms with Gasteiger partial charge in [-0.05, 0) is 34.0 Å². The third-order valence-electron chi connectivity index (χ3n) is 3.66. The number of carbonyl (C=O) groups excluding carboxylic acids is 1. The molecule has 0 bridgehead atoms. The van der Waals surface area contributed by atoms with Gasteiger partial charge in [0, 0.05) is 33.7 Å². The van der Waals surface area contributed by atoms with Gasteiger partial charge >= 0.3 is 0 Å². The summed E-state index contributed by atoms with van der Waals surface area (Å²) in [6.07, 6.45) is 6.54. The normalized spacial score (nSPS) is 12.3. The Morgan fingerprint density at radius 2 is 1.96 bits per heavy atom. The lowest BCUT2D eigenvalue weighted by Crippen LogP contribution is -2.37. The maximum absolute atomic E-state index is 12.0. The Balaban J connectivity index is 2.75. The molecule has 140 valence electrons. The van der Waals surface area contributed by atoms with Crippen molar-refractivity contribution < 1.29 is 9.53 Å². The van der Waals surface area contributed by atoms with E-state index in [9.17, 15) is 4.79 Å². The SMILES string of the molecule is C=CCCC(CN(C)CCN(C)C)Oc1cncc(C(=O)N(C)C)n1. The Bertz CT molecular complexity index is 548. The van der Waals surface area contributed by atoms with Crippen LogP contribution in [-0.4, -0.2) is 91.6 Å². The van der Waals surface area contributed by atoms with Crippen LogP contribution in [0.4, 0.5) is 0 Å². The maximum atomic E-state index is 12.0. The van der Waals surface area contributed by atoms with Crippen molar-refractivity contribution in [2.24, 2.45) is 0 Å². The highest BCUT2D eigenvalue weighted by Crippen LogP contribution is 2.13. The standard InChI is InChI=1S/C18H31N5O2/c1-7-8-9-15(14-23(6)11-10-21(2)3)25-17-13-19-12-16(20-17)18(24)22(4)5/h7,12-13,15H,1,8-11,14H2,2-6H3. The number of aromatic nitrogens is 2. The lowest BCUT2D eigenvalue weighted by atomic mass is 10.2. The molecule has 1 aromatic rings. The first-order valence-corrected chi connectivity index (χ1v) is 8.48. The summed E-state index contributed by atoms with van der Waals surface area (Å²) in [5, 5.41) is 0. The van der Waals surface area contributed by atoms with Crippen molar-refractivity contribution in [1.82, 2.24) is 24.7 Å². The molecule has 7 nitrogen and oxygen atoms in total. The van der Waals surface area contributed by atoms with Crippen LogP contribution >= 0.6 is 0 Å². The van der Waals surface area contributed by atoms with Gasteiger partial charge in [-0.25, -0.2) is 4.98 Å². The van der Waals surface area contributed by atoms with Gasteiger partial charge in [0.25, 0.3) is 5.91 Å². The Kier molecular flexibility index (Phi) is 9.08. The van der Waals surface area contributed by atoms with Gasteiger partial charge in [0.05, 0.1) is 12.4 Å². The molecular formula is C18H31N5O2. The molecular weight excluding hydrogens is 318 g/mol. The lowest BCUT2D eigenvalue weighted by molar-refractivity contribution is 0.0817. The second-order valence-corrected chi connectivity index (χ2v) is 6.61. The Labute approximate surface area is 151 Å². The van der Waals surface area contributed by atoms with Crippen molar-refractivity contribution in [3.8, 4) is 5.88 Å². The number of likely N-dealkylation sites (N-methyl/N-ethyl adjacent to an activating group) is 2. The molecule has 1 heterocycles. The number of rotatable bonds is 11. The second-order valence-electron chi connectivity index (χ2n) is 6.61. The van der Waals surface area contributed by atoms with Crippen LogP contribution in [0.5, 0.6) is 5.88 Å². The molecule has 7 heteroatoms. The van der Waals surface area contributed by atoms with E-state index in [0.29, 0.717) is 5.88 Å². The first-order chi connectivity index (χ1) is 11.8. The van der Waals surface area contributed by atoms with E-state index in [0.717, 1.165) is 32.5 Å². The molecule has 0 fully saturated rings. The number of hydrogen-bond donors (Lipinski definition) is 0. The smallest absolute Gasteiger partial charge is 0.273 e. The van der Waals surface area contributed by atoms with Crippen LogP contribution in [0.3, 0.4) is 0 Å². The molecule has 1 aromatic heterocycles. The van der Waals surface area contributed by atoms with Crippen molar-refractivity contribution in [3.05, 3.63) is 30.7 Å². The largest absolute Gasteiger partial charge is 0.472 e. The average molecular weight is 349 g/mol. The molecule has 25 heavy (non-hydrogen) atoms. The van der Waals surface area contributed by atoms with Crippen molar-refractivity contribution >= 4 is 5.91 Å². The molecule has 0 aliphatic carbocycles. The fourth-order valence-corrected chi connectivity index (χ4v) is 2.21. The Morgan fingerprint density at radius 3 is 2.56 bits per heavy atom. The summed E-state index contributed by atoms with van der Waals surface area (Å²) in [5.74, 6) is 0.187. The maximum Gasteiger partial charge on any atom is 0.273 e. The van der Waals surface area contributed by atoms with Crippen molar-refractivity contribution in [2.75, 3.05) is 54.9 Å². The zero-order valence-electron chi connectivity index (χ0n) is 16.1. The first-order valence-electron chi connectivity index (χ1n) is 8.48. The third-order valence-corrected chi connectivity index (χ3v) is 3.66. The predicted molar refractivity (Wildman–Crippen MR) is 99.9 cm³/mol. The van der Waals surface area contributed by atoms with E-state index in [1.165, 1.54) is 11.1 Å². The van der Waals surface area contributed by atoms with Gasteiger partial charge in [-0.2, -0.15) is 0 Å². The highest BCUT2D eigenvalue weighted by Gasteiger charge is 2.16. The van der Waals surface area contributed by atoms with E-state index in [1.54, 1.807) is 20.3 Å². The van der Waals surface area contributed by atoms with E-state index in [-0.39, 0.29) is 17.7 Å². The highest BCUT2D eigenvalue weighted by molar-refractivity contribution is 5.91. The van der Waals surface area contributed by atoms with E-state index < -0.39 is 0 Å². The van der Waals surface area contributed by atoms with Gasteiger partial charge in [0.2, 0.25) is 5.88 Å². The third kappa shape index (κ3) is 8.09. The molecule has 0 radical (unpaired) electrons. The average Bonchev–Trinajstić information content (AvgIpc) is 2.57. The van der Waals surface area contributed by atoms with Crippen LogP contribution < -0.4 is 4.74 Å². The summed E-state index contributed by atoms with van der Waals surface area (Å²) in [6.45, 7) is 6.49. The van der Waals surface area contributed by atoms with Gasteiger partial charge in [-0.1, -0.05) is 6.08 Å². The minimum absolute atomic E-state index is 0.0378. The molecule has 0 N–H and O–H groups in total. The summed E-state index contributed by atoms with van der Waals surface area (Å²) < 4.78 is 6.02. The van der Waals surface area contributed by atoms with Crippen LogP contribution in [0.1, 0.15) is 23.3 Å². The van der Waals surface area contributed by atoms with Crippen molar-refractivity contribution in [3.63, 3.8) is 0 Å². The zero-order valence-corrected chi connectivity index (χ0v) is 16.1. The van der Waals surface area contributed by atoms with Crippen molar-refractivity contribution in [1.29, 1.82) is 0 Å². The summed E-state index contributed by atoms with van der Waals surface area (Å²) in [6, 6.07) is 0. The van der Waals surface area contributed by atoms with Crippen LogP contribution in [0, 0.1) is 0 Å². The number of hydrogen-bond acceptors (Lipinski definition) is 6. The fraction of sp³-hybridized carbons (Fsp3) is 0.611. The molecule has 0 saturated carbocycles. The predicted octanol–water partition coefficient (Wildman–Crippen LogP) is 1.39. The number of carbonyl (C=O) groups is 1. The topological polar surface area (TPSA) is 61.8 Å². The number of ether oxygens (including phenoxy) is 1. The van der Waals surface area contributed by atoms with Crippen LogP contribution in [0.2, 0.25) is 0 Å². The monoisotopic (exact) mass is 349 g/mol. The Morgan fingerprint density at radius 1 is 1.24 bits per heavy atom. The minimum Gasteiger partial charge on any atom is -0.472 e. The quantitative estimate of drug-likeness (QED) is 0.563. The summed E-state index contributed by atoms with van der Waals surface area (Å²) in [5.41, 5.74) is 0.283. The van der Waals surface area contributed by atoms with E-state index in [1.807, 2.05) is 6.08 Å². The molecule has 1 atom stereocenters. The number of nitrogens with zero attached hydrogens (tertiary/aromatic N) is 5.